The Hall–Kier alpha value is -1.88. The molecule has 0 aliphatic rings. The Morgan fingerprint density at radius 3 is 2.74 bits per heavy atom. The summed E-state index contributed by atoms with van der Waals surface area (Å²) in [6, 6.07) is 7.64. The number of aryl methyl sites for hydroxylation is 2. The average Bonchev–Trinajstić information content (AvgIpc) is 2.75. The highest BCUT2D eigenvalue weighted by Crippen LogP contribution is 2.19. The van der Waals surface area contributed by atoms with Gasteiger partial charge in [0.1, 0.15) is 10.6 Å². The van der Waals surface area contributed by atoms with Gasteiger partial charge >= 0.3 is 0 Å². The summed E-state index contributed by atoms with van der Waals surface area (Å²) in [7, 11) is 1.62. The first kappa shape index (κ1) is 13.5. The van der Waals surface area contributed by atoms with E-state index in [0.29, 0.717) is 11.4 Å². The van der Waals surface area contributed by atoms with E-state index >= 15 is 0 Å². The van der Waals surface area contributed by atoms with Crippen LogP contribution in [0.3, 0.4) is 0 Å². The average molecular weight is 276 g/mol. The number of hydrogen-bond acceptors (Lipinski definition) is 4. The van der Waals surface area contributed by atoms with Gasteiger partial charge in [-0.3, -0.25) is 4.79 Å². The zero-order valence-electron chi connectivity index (χ0n) is 11.2. The topological polar surface area (TPSA) is 51.2 Å². The van der Waals surface area contributed by atoms with Crippen LogP contribution in [0, 0.1) is 13.8 Å². The van der Waals surface area contributed by atoms with E-state index < -0.39 is 0 Å². The van der Waals surface area contributed by atoms with Gasteiger partial charge in [-0.2, -0.15) is 0 Å². The molecule has 1 heterocycles. The largest absolute Gasteiger partial charge is 0.496 e. The van der Waals surface area contributed by atoms with Gasteiger partial charge in [0.2, 0.25) is 0 Å². The van der Waals surface area contributed by atoms with Crippen molar-refractivity contribution in [1.29, 1.82) is 0 Å². The second kappa shape index (κ2) is 5.84. The number of methoxy groups -OCH3 is 1. The SMILES string of the molecule is COc1ccccc1CNC(=O)c1sc(C)nc1C. The molecule has 0 atom stereocenters. The number of para-hydroxylation sites is 1. The number of rotatable bonds is 4. The number of carbonyl (C=O) groups is 1. The van der Waals surface area contributed by atoms with Gasteiger partial charge in [0, 0.05) is 12.1 Å². The Morgan fingerprint density at radius 2 is 2.11 bits per heavy atom. The van der Waals surface area contributed by atoms with E-state index in [0.717, 1.165) is 22.0 Å². The molecule has 0 radical (unpaired) electrons. The third-order valence-electron chi connectivity index (χ3n) is 2.74. The van der Waals surface area contributed by atoms with Gasteiger partial charge < -0.3 is 10.1 Å². The monoisotopic (exact) mass is 276 g/mol. The van der Waals surface area contributed by atoms with E-state index in [4.69, 9.17) is 4.74 Å². The van der Waals surface area contributed by atoms with Crippen molar-refractivity contribution in [2.45, 2.75) is 20.4 Å². The third kappa shape index (κ3) is 3.12. The van der Waals surface area contributed by atoms with Gasteiger partial charge in [0.15, 0.2) is 0 Å². The summed E-state index contributed by atoms with van der Waals surface area (Å²) in [6.07, 6.45) is 0. The lowest BCUT2D eigenvalue weighted by Gasteiger charge is -2.08. The molecule has 1 aromatic heterocycles. The molecule has 1 amide bonds. The molecule has 0 saturated heterocycles. The van der Waals surface area contributed by atoms with Gasteiger partial charge in [-0.25, -0.2) is 4.98 Å². The molecule has 0 unspecified atom stereocenters. The molecule has 0 bridgehead atoms. The van der Waals surface area contributed by atoms with Crippen LogP contribution in [0.5, 0.6) is 5.75 Å². The van der Waals surface area contributed by atoms with Gasteiger partial charge in [-0.1, -0.05) is 18.2 Å². The summed E-state index contributed by atoms with van der Waals surface area (Å²) in [6.45, 7) is 4.19. The second-order valence-corrected chi connectivity index (χ2v) is 5.35. The van der Waals surface area contributed by atoms with Gasteiger partial charge in [0.25, 0.3) is 5.91 Å². The van der Waals surface area contributed by atoms with E-state index in [1.165, 1.54) is 11.3 Å². The first-order valence-electron chi connectivity index (χ1n) is 5.96. The number of benzene rings is 1. The molecule has 100 valence electrons. The third-order valence-corrected chi connectivity index (χ3v) is 3.81. The Labute approximate surface area is 116 Å². The maximum Gasteiger partial charge on any atom is 0.263 e. The zero-order valence-corrected chi connectivity index (χ0v) is 12.0. The number of carbonyl (C=O) groups excluding carboxylic acids is 1. The highest BCUT2D eigenvalue weighted by atomic mass is 32.1. The van der Waals surface area contributed by atoms with Crippen molar-refractivity contribution in [3.8, 4) is 5.75 Å². The molecule has 0 aliphatic heterocycles. The number of hydrogen-bond donors (Lipinski definition) is 1. The Morgan fingerprint density at radius 1 is 1.37 bits per heavy atom. The van der Waals surface area contributed by atoms with E-state index in [1.54, 1.807) is 7.11 Å². The Bertz CT molecular complexity index is 593. The van der Waals surface area contributed by atoms with Crippen LogP contribution in [-0.2, 0) is 6.54 Å². The highest BCUT2D eigenvalue weighted by Gasteiger charge is 2.13. The molecule has 0 saturated carbocycles. The first-order valence-corrected chi connectivity index (χ1v) is 6.77. The van der Waals surface area contributed by atoms with Gasteiger partial charge in [-0.15, -0.1) is 11.3 Å². The van der Waals surface area contributed by atoms with Crippen molar-refractivity contribution >= 4 is 17.2 Å². The molecular weight excluding hydrogens is 260 g/mol. The molecule has 2 aromatic rings. The first-order chi connectivity index (χ1) is 9.11. The molecule has 0 fully saturated rings. The maximum absolute atomic E-state index is 12.1. The highest BCUT2D eigenvalue weighted by molar-refractivity contribution is 7.13. The van der Waals surface area contributed by atoms with E-state index in [2.05, 4.69) is 10.3 Å². The molecule has 2 rings (SSSR count). The summed E-state index contributed by atoms with van der Waals surface area (Å²) >= 11 is 1.41. The number of amides is 1. The van der Waals surface area contributed by atoms with Crippen molar-refractivity contribution in [2.75, 3.05) is 7.11 Å². The summed E-state index contributed by atoms with van der Waals surface area (Å²) in [5, 5.41) is 3.80. The lowest BCUT2D eigenvalue weighted by molar-refractivity contribution is 0.0954. The Balaban J connectivity index is 2.06. The quantitative estimate of drug-likeness (QED) is 0.934. The minimum atomic E-state index is -0.0889. The van der Waals surface area contributed by atoms with Crippen LogP contribution in [0.2, 0.25) is 0 Å². The predicted molar refractivity (Wildman–Crippen MR) is 75.8 cm³/mol. The van der Waals surface area contributed by atoms with Gasteiger partial charge in [-0.05, 0) is 19.9 Å². The van der Waals surface area contributed by atoms with Crippen molar-refractivity contribution in [2.24, 2.45) is 0 Å². The summed E-state index contributed by atoms with van der Waals surface area (Å²) < 4.78 is 5.25. The van der Waals surface area contributed by atoms with E-state index in [-0.39, 0.29) is 5.91 Å². The van der Waals surface area contributed by atoms with E-state index in [9.17, 15) is 4.79 Å². The molecule has 4 nitrogen and oxygen atoms in total. The van der Waals surface area contributed by atoms with Crippen molar-refractivity contribution < 1.29 is 9.53 Å². The standard InChI is InChI=1S/C14H16N2O2S/c1-9-13(19-10(2)16-9)14(17)15-8-11-6-4-5-7-12(11)18-3/h4-7H,8H2,1-3H3,(H,15,17). The predicted octanol–water partition coefficient (Wildman–Crippen LogP) is 2.70. The lowest BCUT2D eigenvalue weighted by Crippen LogP contribution is -2.22. The van der Waals surface area contributed by atoms with Crippen LogP contribution in [0.1, 0.15) is 25.9 Å². The molecule has 1 aromatic carbocycles. The lowest BCUT2D eigenvalue weighted by atomic mass is 10.2. The molecule has 1 N–H and O–H groups in total. The number of nitrogens with one attached hydrogen (secondary N) is 1. The normalized spacial score (nSPS) is 10.3. The van der Waals surface area contributed by atoms with Crippen molar-refractivity contribution in [3.05, 3.63) is 45.4 Å². The minimum absolute atomic E-state index is 0.0889. The minimum Gasteiger partial charge on any atom is -0.496 e. The number of nitrogens with zero attached hydrogens (tertiary/aromatic N) is 1. The van der Waals surface area contributed by atoms with Crippen LogP contribution >= 0.6 is 11.3 Å². The number of thiazole rings is 1. The van der Waals surface area contributed by atoms with Crippen molar-refractivity contribution in [3.63, 3.8) is 0 Å². The fourth-order valence-corrected chi connectivity index (χ4v) is 2.68. The van der Waals surface area contributed by atoms with Crippen molar-refractivity contribution in [1.82, 2.24) is 10.3 Å². The van der Waals surface area contributed by atoms with Gasteiger partial charge in [0.05, 0.1) is 17.8 Å². The number of ether oxygens (including phenoxy) is 1. The van der Waals surface area contributed by atoms with Crippen LogP contribution in [-0.4, -0.2) is 18.0 Å². The fourth-order valence-electron chi connectivity index (χ4n) is 1.85. The summed E-state index contributed by atoms with van der Waals surface area (Å²) in [5.41, 5.74) is 1.73. The van der Waals surface area contributed by atoms with E-state index in [1.807, 2.05) is 38.1 Å². The molecule has 5 heteroatoms. The zero-order chi connectivity index (χ0) is 13.8. The number of aromatic nitrogens is 1. The van der Waals surface area contributed by atoms with Crippen LogP contribution in [0.25, 0.3) is 0 Å². The van der Waals surface area contributed by atoms with Crippen LogP contribution < -0.4 is 10.1 Å². The summed E-state index contributed by atoms with van der Waals surface area (Å²) in [5.74, 6) is 0.689. The molecule has 19 heavy (non-hydrogen) atoms. The molecular formula is C14H16N2O2S. The molecule has 0 aliphatic carbocycles. The maximum atomic E-state index is 12.1. The Kier molecular flexibility index (Phi) is 4.16. The molecule has 0 spiro atoms. The smallest absolute Gasteiger partial charge is 0.263 e. The summed E-state index contributed by atoms with van der Waals surface area (Å²) in [4.78, 5) is 17.0. The van der Waals surface area contributed by atoms with Crippen LogP contribution in [0.15, 0.2) is 24.3 Å². The second-order valence-electron chi connectivity index (χ2n) is 4.14. The fraction of sp³-hybridized carbons (Fsp3) is 0.286. The van der Waals surface area contributed by atoms with Crippen LogP contribution in [0.4, 0.5) is 0 Å².